The predicted molar refractivity (Wildman–Crippen MR) is 96.5 cm³/mol. The number of guanidine groups is 1. The monoisotopic (exact) mass is 308 g/mol. The molecular weight excluding hydrogens is 284 g/mol. The Balaban J connectivity index is 1.69. The van der Waals surface area contributed by atoms with Crippen molar-refractivity contribution in [3.8, 4) is 0 Å². The van der Waals surface area contributed by atoms with Crippen molar-refractivity contribution < 1.29 is 0 Å². The Morgan fingerprint density at radius 1 is 1.00 bits per heavy atom. The van der Waals surface area contributed by atoms with Crippen molar-refractivity contribution in [3.05, 3.63) is 66.2 Å². The lowest BCUT2D eigenvalue weighted by atomic mass is 10.1. The molecule has 3 N–H and O–H groups in total. The number of hydrogen-bond acceptors (Lipinski definition) is 2. The number of nitrogens with zero attached hydrogens (tertiary/aromatic N) is 2. The molecule has 0 spiro atoms. The van der Waals surface area contributed by atoms with E-state index < -0.39 is 0 Å². The fourth-order valence-corrected chi connectivity index (χ4v) is 3.05. The molecule has 4 heteroatoms. The van der Waals surface area contributed by atoms with Gasteiger partial charge in [0.2, 0.25) is 0 Å². The molecule has 1 heterocycles. The van der Waals surface area contributed by atoms with Crippen LogP contribution in [0.15, 0.2) is 65.7 Å². The van der Waals surface area contributed by atoms with Crippen LogP contribution in [0.25, 0.3) is 0 Å². The van der Waals surface area contributed by atoms with Gasteiger partial charge in [0.15, 0.2) is 5.96 Å². The lowest BCUT2D eigenvalue weighted by molar-refractivity contribution is 0.252. The Bertz CT molecular complexity index is 618. The van der Waals surface area contributed by atoms with E-state index in [0.29, 0.717) is 18.5 Å². The maximum absolute atomic E-state index is 6.05. The molecule has 0 aliphatic carbocycles. The van der Waals surface area contributed by atoms with Crippen LogP contribution in [-0.2, 0) is 0 Å². The van der Waals surface area contributed by atoms with Crippen molar-refractivity contribution in [3.63, 3.8) is 0 Å². The summed E-state index contributed by atoms with van der Waals surface area (Å²) in [4.78, 5) is 7.09. The van der Waals surface area contributed by atoms with Crippen molar-refractivity contribution in [2.24, 2.45) is 10.7 Å². The molecule has 1 unspecified atom stereocenters. The molecule has 1 aliphatic heterocycles. The van der Waals surface area contributed by atoms with Gasteiger partial charge in [-0.25, -0.2) is 0 Å². The summed E-state index contributed by atoms with van der Waals surface area (Å²) < 4.78 is 0. The second-order valence-electron chi connectivity index (χ2n) is 5.89. The number of anilines is 1. The first-order valence-corrected chi connectivity index (χ1v) is 8.24. The number of hydrogen-bond donors (Lipinski definition) is 2. The number of para-hydroxylation sites is 1. The van der Waals surface area contributed by atoms with E-state index in [1.54, 1.807) is 0 Å². The SMILES string of the molecule is NC(=NCC(c1ccccc1)N1CCCC1)Nc1ccccc1. The standard InChI is InChI=1S/C19H24N4/c20-19(22-17-11-5-2-6-12-17)21-15-18(23-13-7-8-14-23)16-9-3-1-4-10-16/h1-6,9-12,18H,7-8,13-15H2,(H3,20,21,22). The Hall–Kier alpha value is -2.33. The summed E-state index contributed by atoms with van der Waals surface area (Å²) in [6.07, 6.45) is 2.54. The summed E-state index contributed by atoms with van der Waals surface area (Å²) in [5.74, 6) is 0.469. The highest BCUT2D eigenvalue weighted by atomic mass is 15.2. The number of likely N-dealkylation sites (tertiary alicyclic amines) is 1. The van der Waals surface area contributed by atoms with E-state index in [-0.39, 0.29) is 0 Å². The fourth-order valence-electron chi connectivity index (χ4n) is 3.05. The van der Waals surface area contributed by atoms with Crippen molar-refractivity contribution >= 4 is 11.6 Å². The highest BCUT2D eigenvalue weighted by molar-refractivity contribution is 5.92. The molecule has 0 bridgehead atoms. The van der Waals surface area contributed by atoms with Gasteiger partial charge in [-0.15, -0.1) is 0 Å². The van der Waals surface area contributed by atoms with Gasteiger partial charge < -0.3 is 11.1 Å². The summed E-state index contributed by atoms with van der Waals surface area (Å²) in [6, 6.07) is 20.8. The second-order valence-corrected chi connectivity index (χ2v) is 5.89. The highest BCUT2D eigenvalue weighted by Crippen LogP contribution is 2.25. The largest absolute Gasteiger partial charge is 0.370 e. The lowest BCUT2D eigenvalue weighted by Gasteiger charge is -2.26. The maximum Gasteiger partial charge on any atom is 0.193 e. The number of rotatable bonds is 5. The van der Waals surface area contributed by atoms with Gasteiger partial charge in [-0.3, -0.25) is 9.89 Å². The van der Waals surface area contributed by atoms with Crippen LogP contribution in [-0.4, -0.2) is 30.5 Å². The van der Waals surface area contributed by atoms with Crippen LogP contribution >= 0.6 is 0 Å². The van der Waals surface area contributed by atoms with E-state index in [9.17, 15) is 0 Å². The van der Waals surface area contributed by atoms with Crippen molar-refractivity contribution in [2.75, 3.05) is 25.0 Å². The molecule has 4 nitrogen and oxygen atoms in total. The van der Waals surface area contributed by atoms with Crippen LogP contribution in [0.2, 0.25) is 0 Å². The Labute approximate surface area is 138 Å². The summed E-state index contributed by atoms with van der Waals surface area (Å²) in [5.41, 5.74) is 8.33. The van der Waals surface area contributed by atoms with Crippen molar-refractivity contribution in [1.82, 2.24) is 4.90 Å². The zero-order valence-electron chi connectivity index (χ0n) is 13.4. The molecular formula is C19H24N4. The number of benzene rings is 2. The first kappa shape index (κ1) is 15.6. The van der Waals surface area contributed by atoms with Crippen LogP contribution in [0.5, 0.6) is 0 Å². The Morgan fingerprint density at radius 3 is 2.26 bits per heavy atom. The summed E-state index contributed by atoms with van der Waals surface area (Å²) in [5, 5.41) is 3.15. The van der Waals surface area contributed by atoms with Gasteiger partial charge >= 0.3 is 0 Å². The first-order valence-electron chi connectivity index (χ1n) is 8.24. The van der Waals surface area contributed by atoms with Crippen LogP contribution in [0.3, 0.4) is 0 Å². The van der Waals surface area contributed by atoms with Gasteiger partial charge in [0, 0.05) is 5.69 Å². The van der Waals surface area contributed by atoms with Gasteiger partial charge in [-0.2, -0.15) is 0 Å². The number of nitrogens with two attached hydrogens (primary N) is 1. The van der Waals surface area contributed by atoms with Gasteiger partial charge in [-0.1, -0.05) is 48.5 Å². The van der Waals surface area contributed by atoms with E-state index in [4.69, 9.17) is 5.73 Å². The average molecular weight is 308 g/mol. The molecule has 0 amide bonds. The molecule has 1 fully saturated rings. The van der Waals surface area contributed by atoms with Crippen LogP contribution in [0.4, 0.5) is 5.69 Å². The molecule has 1 aliphatic rings. The molecule has 23 heavy (non-hydrogen) atoms. The summed E-state index contributed by atoms with van der Waals surface area (Å²) in [6.45, 7) is 2.96. The fraction of sp³-hybridized carbons (Fsp3) is 0.316. The molecule has 2 aromatic carbocycles. The number of aliphatic imine (C=N–C) groups is 1. The van der Waals surface area contributed by atoms with E-state index >= 15 is 0 Å². The first-order chi connectivity index (χ1) is 11.3. The lowest BCUT2D eigenvalue weighted by Crippen LogP contribution is -2.30. The summed E-state index contributed by atoms with van der Waals surface area (Å²) >= 11 is 0. The average Bonchev–Trinajstić information content (AvgIpc) is 3.11. The molecule has 0 saturated carbocycles. The van der Waals surface area contributed by atoms with Crippen LogP contribution in [0.1, 0.15) is 24.4 Å². The van der Waals surface area contributed by atoms with Crippen LogP contribution in [0, 0.1) is 0 Å². The van der Waals surface area contributed by atoms with E-state index in [0.717, 1.165) is 18.8 Å². The van der Waals surface area contributed by atoms with Crippen LogP contribution < -0.4 is 11.1 Å². The third-order valence-corrected chi connectivity index (χ3v) is 4.25. The van der Waals surface area contributed by atoms with E-state index in [1.807, 2.05) is 30.3 Å². The molecule has 2 aromatic rings. The smallest absolute Gasteiger partial charge is 0.193 e. The predicted octanol–water partition coefficient (Wildman–Crippen LogP) is 3.25. The zero-order chi connectivity index (χ0) is 15.9. The highest BCUT2D eigenvalue weighted by Gasteiger charge is 2.23. The van der Waals surface area contributed by atoms with E-state index in [2.05, 4.69) is 45.5 Å². The van der Waals surface area contributed by atoms with Gasteiger partial charge in [0.1, 0.15) is 0 Å². The minimum atomic E-state index is 0.301. The molecule has 1 saturated heterocycles. The maximum atomic E-state index is 6.05. The number of nitrogens with one attached hydrogen (secondary N) is 1. The molecule has 0 aromatic heterocycles. The molecule has 0 radical (unpaired) electrons. The normalized spacial score (nSPS) is 17.1. The van der Waals surface area contributed by atoms with Gasteiger partial charge in [0.25, 0.3) is 0 Å². The zero-order valence-corrected chi connectivity index (χ0v) is 13.4. The Kier molecular flexibility index (Phi) is 5.27. The Morgan fingerprint density at radius 2 is 1.61 bits per heavy atom. The van der Waals surface area contributed by atoms with Crippen molar-refractivity contribution in [2.45, 2.75) is 18.9 Å². The van der Waals surface area contributed by atoms with Gasteiger partial charge in [-0.05, 0) is 43.6 Å². The minimum absolute atomic E-state index is 0.301. The van der Waals surface area contributed by atoms with Crippen molar-refractivity contribution in [1.29, 1.82) is 0 Å². The van der Waals surface area contributed by atoms with E-state index in [1.165, 1.54) is 18.4 Å². The quantitative estimate of drug-likeness (QED) is 0.658. The third-order valence-electron chi connectivity index (χ3n) is 4.25. The molecule has 3 rings (SSSR count). The second kappa shape index (κ2) is 7.79. The minimum Gasteiger partial charge on any atom is -0.370 e. The molecule has 120 valence electrons. The third kappa shape index (κ3) is 4.33. The topological polar surface area (TPSA) is 53.6 Å². The summed E-state index contributed by atoms with van der Waals surface area (Å²) in [7, 11) is 0. The van der Waals surface area contributed by atoms with Gasteiger partial charge in [0.05, 0.1) is 12.6 Å². The molecule has 1 atom stereocenters.